The maximum atomic E-state index is 12.2. The van der Waals surface area contributed by atoms with Crippen molar-refractivity contribution >= 4 is 5.91 Å². The van der Waals surface area contributed by atoms with Crippen LogP contribution in [0, 0.1) is 11.3 Å². The Morgan fingerprint density at radius 1 is 1.22 bits per heavy atom. The lowest BCUT2D eigenvalue weighted by Gasteiger charge is -2.28. The largest absolute Gasteiger partial charge is 0.381 e. The van der Waals surface area contributed by atoms with Crippen LogP contribution in [-0.4, -0.2) is 31.3 Å². The number of benzene rings is 2. The molecule has 1 amide bonds. The molecule has 0 saturated carbocycles. The molecule has 2 aromatic rings. The number of amides is 1. The molecule has 2 rings (SSSR count). The Morgan fingerprint density at radius 3 is 2.43 bits per heavy atom. The molecule has 2 aromatic carbocycles. The number of nitriles is 1. The van der Waals surface area contributed by atoms with Gasteiger partial charge in [0.05, 0.1) is 24.8 Å². The third kappa shape index (κ3) is 4.16. The fourth-order valence-corrected chi connectivity index (χ4v) is 2.25. The molecule has 1 unspecified atom stereocenters. The van der Waals surface area contributed by atoms with Crippen LogP contribution in [-0.2, 0) is 10.3 Å². The topological polar surface area (TPSA) is 82.3 Å². The van der Waals surface area contributed by atoms with Gasteiger partial charge in [-0.2, -0.15) is 5.26 Å². The Morgan fingerprint density at radius 2 is 1.87 bits per heavy atom. The highest BCUT2D eigenvalue weighted by atomic mass is 16.5. The van der Waals surface area contributed by atoms with Crippen LogP contribution in [0.1, 0.15) is 21.5 Å². The van der Waals surface area contributed by atoms with Crippen molar-refractivity contribution in [1.82, 2.24) is 5.32 Å². The van der Waals surface area contributed by atoms with Crippen LogP contribution in [0.4, 0.5) is 0 Å². The third-order valence-electron chi connectivity index (χ3n) is 3.51. The van der Waals surface area contributed by atoms with Gasteiger partial charge in [0.15, 0.2) is 0 Å². The highest BCUT2D eigenvalue weighted by Crippen LogP contribution is 2.20. The molecule has 23 heavy (non-hydrogen) atoms. The Bertz CT molecular complexity index is 692. The van der Waals surface area contributed by atoms with Crippen molar-refractivity contribution < 1.29 is 14.6 Å². The van der Waals surface area contributed by atoms with Crippen molar-refractivity contribution in [2.45, 2.75) is 5.60 Å². The summed E-state index contributed by atoms with van der Waals surface area (Å²) in [6.07, 6.45) is 0. The number of methoxy groups -OCH3 is 1. The summed E-state index contributed by atoms with van der Waals surface area (Å²) in [5.41, 5.74) is 0.277. The summed E-state index contributed by atoms with van der Waals surface area (Å²) in [6.45, 7) is 0.0777. The summed E-state index contributed by atoms with van der Waals surface area (Å²) in [5, 5.41) is 22.3. The minimum absolute atomic E-state index is 0.0175. The lowest BCUT2D eigenvalue weighted by molar-refractivity contribution is -0.0334. The summed E-state index contributed by atoms with van der Waals surface area (Å²) < 4.78 is 5.09. The van der Waals surface area contributed by atoms with Crippen molar-refractivity contribution in [2.75, 3.05) is 20.3 Å². The fraction of sp³-hybridized carbons (Fsp3) is 0.222. The standard InChI is InChI=1S/C18H18N2O3/c1-23-13-18(22,16-5-3-2-4-6-16)12-20-17(21)15-9-7-14(11-19)8-10-15/h2-10,22H,12-13H2,1H3,(H,20,21). The Kier molecular flexibility index (Phi) is 5.47. The average molecular weight is 310 g/mol. The second-order valence-electron chi connectivity index (χ2n) is 5.20. The van der Waals surface area contributed by atoms with Gasteiger partial charge in [-0.1, -0.05) is 30.3 Å². The van der Waals surface area contributed by atoms with E-state index in [9.17, 15) is 9.90 Å². The van der Waals surface area contributed by atoms with E-state index in [0.717, 1.165) is 0 Å². The van der Waals surface area contributed by atoms with E-state index < -0.39 is 5.60 Å². The van der Waals surface area contributed by atoms with Gasteiger partial charge in [0, 0.05) is 12.7 Å². The second kappa shape index (κ2) is 7.54. The maximum absolute atomic E-state index is 12.2. The summed E-state index contributed by atoms with van der Waals surface area (Å²) in [7, 11) is 1.50. The Labute approximate surface area is 135 Å². The first-order valence-electron chi connectivity index (χ1n) is 7.14. The molecule has 118 valence electrons. The first-order chi connectivity index (χ1) is 11.1. The second-order valence-corrected chi connectivity index (χ2v) is 5.20. The number of aliphatic hydroxyl groups is 1. The molecule has 0 bridgehead atoms. The number of rotatable bonds is 6. The Balaban J connectivity index is 2.09. The minimum atomic E-state index is -1.31. The van der Waals surface area contributed by atoms with E-state index in [1.54, 1.807) is 36.4 Å². The lowest BCUT2D eigenvalue weighted by atomic mass is 9.94. The van der Waals surface area contributed by atoms with Gasteiger partial charge < -0.3 is 15.2 Å². The van der Waals surface area contributed by atoms with Gasteiger partial charge in [0.25, 0.3) is 5.91 Å². The first kappa shape index (κ1) is 16.7. The predicted octanol–water partition coefficient (Wildman–Crippen LogP) is 1.82. The van der Waals surface area contributed by atoms with E-state index in [-0.39, 0.29) is 19.1 Å². The van der Waals surface area contributed by atoms with E-state index in [2.05, 4.69) is 5.32 Å². The molecule has 0 aliphatic heterocycles. The SMILES string of the molecule is COCC(O)(CNC(=O)c1ccc(C#N)cc1)c1ccccc1. The first-order valence-corrected chi connectivity index (χ1v) is 7.14. The van der Waals surface area contributed by atoms with E-state index in [1.807, 2.05) is 24.3 Å². The quantitative estimate of drug-likeness (QED) is 0.852. The molecule has 0 aliphatic rings. The number of hydrogen-bond acceptors (Lipinski definition) is 4. The summed E-state index contributed by atoms with van der Waals surface area (Å²) in [6, 6.07) is 17.4. The molecule has 1 atom stereocenters. The van der Waals surface area contributed by atoms with Crippen LogP contribution in [0.5, 0.6) is 0 Å². The van der Waals surface area contributed by atoms with E-state index in [1.165, 1.54) is 7.11 Å². The van der Waals surface area contributed by atoms with Crippen LogP contribution >= 0.6 is 0 Å². The third-order valence-corrected chi connectivity index (χ3v) is 3.51. The number of carbonyl (C=O) groups is 1. The zero-order chi connectivity index (χ0) is 16.7. The van der Waals surface area contributed by atoms with Gasteiger partial charge >= 0.3 is 0 Å². The number of nitrogens with zero attached hydrogens (tertiary/aromatic N) is 1. The molecule has 2 N–H and O–H groups in total. The molecule has 5 nitrogen and oxygen atoms in total. The fourth-order valence-electron chi connectivity index (χ4n) is 2.25. The summed E-state index contributed by atoms with van der Waals surface area (Å²) in [5.74, 6) is -0.319. The van der Waals surface area contributed by atoms with Crippen LogP contribution in [0.3, 0.4) is 0 Å². The molecule has 5 heteroatoms. The highest BCUT2D eigenvalue weighted by Gasteiger charge is 2.30. The van der Waals surface area contributed by atoms with Gasteiger partial charge in [-0.25, -0.2) is 0 Å². The number of ether oxygens (including phenoxy) is 1. The monoisotopic (exact) mass is 310 g/mol. The van der Waals surface area contributed by atoms with Crippen LogP contribution in [0.15, 0.2) is 54.6 Å². The smallest absolute Gasteiger partial charge is 0.251 e. The number of nitrogens with one attached hydrogen (secondary N) is 1. The zero-order valence-electron chi connectivity index (χ0n) is 12.8. The molecule has 0 heterocycles. The molecule has 0 radical (unpaired) electrons. The van der Waals surface area contributed by atoms with Crippen molar-refractivity contribution in [3.05, 3.63) is 71.3 Å². The molecule has 0 spiro atoms. The van der Waals surface area contributed by atoms with Crippen LogP contribution in [0.25, 0.3) is 0 Å². The van der Waals surface area contributed by atoms with E-state index in [0.29, 0.717) is 16.7 Å². The van der Waals surface area contributed by atoms with Crippen molar-refractivity contribution in [3.8, 4) is 6.07 Å². The van der Waals surface area contributed by atoms with Crippen LogP contribution in [0.2, 0.25) is 0 Å². The van der Waals surface area contributed by atoms with Crippen LogP contribution < -0.4 is 5.32 Å². The molecular weight excluding hydrogens is 292 g/mol. The number of hydrogen-bond donors (Lipinski definition) is 2. The number of carbonyl (C=O) groups excluding carboxylic acids is 1. The molecule has 0 aliphatic carbocycles. The lowest BCUT2D eigenvalue weighted by Crippen LogP contribution is -2.44. The van der Waals surface area contributed by atoms with Gasteiger partial charge in [-0.05, 0) is 29.8 Å². The maximum Gasteiger partial charge on any atom is 0.251 e. The normalized spacial score (nSPS) is 12.9. The van der Waals surface area contributed by atoms with Gasteiger partial charge in [-0.15, -0.1) is 0 Å². The Hall–Kier alpha value is -2.68. The van der Waals surface area contributed by atoms with Gasteiger partial charge in [-0.3, -0.25) is 4.79 Å². The van der Waals surface area contributed by atoms with Crippen molar-refractivity contribution in [3.63, 3.8) is 0 Å². The van der Waals surface area contributed by atoms with Crippen molar-refractivity contribution in [2.24, 2.45) is 0 Å². The zero-order valence-corrected chi connectivity index (χ0v) is 12.8. The molecule has 0 saturated heterocycles. The van der Waals surface area contributed by atoms with Crippen molar-refractivity contribution in [1.29, 1.82) is 5.26 Å². The molecule has 0 fully saturated rings. The summed E-state index contributed by atoms with van der Waals surface area (Å²) >= 11 is 0. The van der Waals surface area contributed by atoms with E-state index in [4.69, 9.17) is 10.00 Å². The molecular formula is C18H18N2O3. The minimum Gasteiger partial charge on any atom is -0.381 e. The van der Waals surface area contributed by atoms with Gasteiger partial charge in [0.2, 0.25) is 0 Å². The predicted molar refractivity (Wildman–Crippen MR) is 85.7 cm³/mol. The highest BCUT2D eigenvalue weighted by molar-refractivity contribution is 5.94. The molecule has 0 aromatic heterocycles. The summed E-state index contributed by atoms with van der Waals surface area (Å²) in [4.78, 5) is 12.2. The van der Waals surface area contributed by atoms with E-state index >= 15 is 0 Å². The van der Waals surface area contributed by atoms with Gasteiger partial charge in [0.1, 0.15) is 5.60 Å². The average Bonchev–Trinajstić information content (AvgIpc) is 2.61.